The highest BCUT2D eigenvalue weighted by atomic mass is 16.6. The van der Waals surface area contributed by atoms with E-state index in [0.29, 0.717) is 5.69 Å². The van der Waals surface area contributed by atoms with Crippen molar-refractivity contribution < 1.29 is 38.5 Å². The molecule has 12 heteroatoms. The number of aromatic nitrogens is 2. The van der Waals surface area contributed by atoms with Crippen LogP contribution in [0.15, 0.2) is 152 Å². The van der Waals surface area contributed by atoms with Crippen LogP contribution in [0.3, 0.4) is 0 Å². The van der Waals surface area contributed by atoms with Gasteiger partial charge in [-0.25, -0.2) is 24.2 Å². The fourth-order valence-corrected chi connectivity index (χ4v) is 7.71. The Kier molecular flexibility index (Phi) is 12.1. The summed E-state index contributed by atoms with van der Waals surface area (Å²) in [5.74, 6) is -2.65. The van der Waals surface area contributed by atoms with E-state index in [9.17, 15) is 24.3 Å². The standard InChI is InChI=1S/C48H46N4O8/c1-47(2,3)60-46(57)51-42(43(53)54)30-58-44(55)41(50-45(56)59-29-40-38-25-15-13-23-36(38)37-24-14-16-26-39(37)40)27-35-28-52(31-49-35)48(32-17-7-4-8-18-32,33-19-9-5-10-20-33)34-21-11-6-12-22-34/h4-26,28,31,40-42H,27,29-30H2,1-3H3,(H,50,56)(H,51,57)(H,53,54). The van der Waals surface area contributed by atoms with Gasteiger partial charge in [-0.05, 0) is 59.7 Å². The summed E-state index contributed by atoms with van der Waals surface area (Å²) in [5, 5.41) is 14.7. The zero-order chi connectivity index (χ0) is 42.3. The number of hydrogen-bond donors (Lipinski definition) is 3. The van der Waals surface area contributed by atoms with E-state index in [1.54, 1.807) is 27.1 Å². The highest BCUT2D eigenvalue weighted by Crippen LogP contribution is 2.45. The summed E-state index contributed by atoms with van der Waals surface area (Å²) < 4.78 is 18.5. The summed E-state index contributed by atoms with van der Waals surface area (Å²) in [5.41, 5.74) is 5.65. The number of alkyl carbamates (subject to hydrolysis) is 2. The number of rotatable bonds is 14. The second-order valence-electron chi connectivity index (χ2n) is 15.5. The highest BCUT2D eigenvalue weighted by Gasteiger charge is 2.39. The number of esters is 1. The van der Waals surface area contributed by atoms with E-state index in [-0.39, 0.29) is 18.9 Å². The fraction of sp³-hybridized carbons (Fsp3) is 0.229. The molecule has 5 aromatic carbocycles. The summed E-state index contributed by atoms with van der Waals surface area (Å²) in [6.07, 6.45) is 1.47. The van der Waals surface area contributed by atoms with Crippen LogP contribution in [-0.4, -0.2) is 69.7 Å². The van der Waals surface area contributed by atoms with E-state index >= 15 is 0 Å². The maximum Gasteiger partial charge on any atom is 0.408 e. The maximum absolute atomic E-state index is 13.9. The third kappa shape index (κ3) is 8.92. The van der Waals surface area contributed by atoms with Crippen molar-refractivity contribution in [3.63, 3.8) is 0 Å². The van der Waals surface area contributed by atoms with Crippen molar-refractivity contribution in [2.45, 2.75) is 56.3 Å². The molecule has 0 bridgehead atoms. The topological polar surface area (TPSA) is 158 Å². The number of hydrogen-bond acceptors (Lipinski definition) is 8. The van der Waals surface area contributed by atoms with Crippen LogP contribution in [0.1, 0.15) is 60.2 Å². The van der Waals surface area contributed by atoms with E-state index < -0.39 is 54.0 Å². The second kappa shape index (κ2) is 17.7. The number of ether oxygens (including phenoxy) is 3. The third-order valence-corrected chi connectivity index (χ3v) is 10.3. The molecule has 60 heavy (non-hydrogen) atoms. The average molecular weight is 807 g/mol. The minimum atomic E-state index is -1.64. The molecule has 3 N–H and O–H groups in total. The predicted octanol–water partition coefficient (Wildman–Crippen LogP) is 7.69. The van der Waals surface area contributed by atoms with E-state index in [1.165, 1.54) is 0 Å². The first-order valence-electron chi connectivity index (χ1n) is 19.6. The van der Waals surface area contributed by atoms with Gasteiger partial charge in [-0.2, -0.15) is 0 Å². The minimum absolute atomic E-state index is 0.00903. The van der Waals surface area contributed by atoms with Gasteiger partial charge in [0, 0.05) is 18.5 Å². The lowest BCUT2D eigenvalue weighted by Crippen LogP contribution is -2.48. The Bertz CT molecular complexity index is 2300. The van der Waals surface area contributed by atoms with Gasteiger partial charge in [-0.1, -0.05) is 140 Å². The number of benzene rings is 5. The Labute approximate surface area is 348 Å². The highest BCUT2D eigenvalue weighted by molar-refractivity contribution is 5.84. The molecule has 0 saturated carbocycles. The van der Waals surface area contributed by atoms with Crippen LogP contribution < -0.4 is 10.6 Å². The van der Waals surface area contributed by atoms with Crippen molar-refractivity contribution in [2.75, 3.05) is 13.2 Å². The molecule has 12 nitrogen and oxygen atoms in total. The minimum Gasteiger partial charge on any atom is -0.480 e. The van der Waals surface area contributed by atoms with Crippen LogP contribution in [0.2, 0.25) is 0 Å². The average Bonchev–Trinajstić information content (AvgIpc) is 3.84. The molecule has 0 spiro atoms. The first-order valence-corrected chi connectivity index (χ1v) is 19.6. The molecule has 0 aliphatic heterocycles. The number of nitrogens with one attached hydrogen (secondary N) is 2. The van der Waals surface area contributed by atoms with E-state index in [4.69, 9.17) is 19.2 Å². The van der Waals surface area contributed by atoms with Crippen LogP contribution in [0.5, 0.6) is 0 Å². The number of carbonyl (C=O) groups is 4. The summed E-state index contributed by atoms with van der Waals surface area (Å²) in [4.78, 5) is 56.9. The number of carboxylic acid groups (broad SMARTS) is 1. The zero-order valence-corrected chi connectivity index (χ0v) is 33.5. The van der Waals surface area contributed by atoms with Gasteiger partial charge in [0.05, 0.1) is 12.0 Å². The molecule has 1 aromatic heterocycles. The van der Waals surface area contributed by atoms with E-state index in [2.05, 4.69) is 10.6 Å². The quantitative estimate of drug-likeness (QED) is 0.0570. The molecule has 0 radical (unpaired) electrons. The van der Waals surface area contributed by atoms with Crippen molar-refractivity contribution >= 4 is 24.1 Å². The Morgan fingerprint density at radius 1 is 0.667 bits per heavy atom. The summed E-state index contributed by atoms with van der Waals surface area (Å²) in [6.45, 7) is 4.14. The summed E-state index contributed by atoms with van der Waals surface area (Å²) in [7, 11) is 0. The Balaban J connectivity index is 1.17. The molecule has 2 amide bonds. The summed E-state index contributed by atoms with van der Waals surface area (Å²) in [6, 6.07) is 42.8. The van der Waals surface area contributed by atoms with Crippen molar-refractivity contribution in [3.05, 3.63) is 186 Å². The number of imidazole rings is 1. The fourth-order valence-electron chi connectivity index (χ4n) is 7.71. The van der Waals surface area contributed by atoms with Gasteiger partial charge in [0.1, 0.15) is 30.4 Å². The van der Waals surface area contributed by atoms with Crippen LogP contribution in [0.25, 0.3) is 11.1 Å². The molecule has 0 saturated heterocycles. The Hall–Kier alpha value is -7.21. The Morgan fingerprint density at radius 2 is 1.15 bits per heavy atom. The zero-order valence-electron chi connectivity index (χ0n) is 33.5. The number of carboxylic acids is 1. The van der Waals surface area contributed by atoms with Crippen molar-refractivity contribution in [1.82, 2.24) is 20.2 Å². The lowest BCUT2D eigenvalue weighted by atomic mass is 9.77. The van der Waals surface area contributed by atoms with E-state index in [1.807, 2.05) is 150 Å². The van der Waals surface area contributed by atoms with Gasteiger partial charge >= 0.3 is 24.1 Å². The summed E-state index contributed by atoms with van der Waals surface area (Å²) >= 11 is 0. The van der Waals surface area contributed by atoms with Gasteiger partial charge < -0.3 is 34.5 Å². The van der Waals surface area contributed by atoms with Crippen molar-refractivity contribution in [1.29, 1.82) is 0 Å². The van der Waals surface area contributed by atoms with Crippen molar-refractivity contribution in [2.24, 2.45) is 0 Å². The number of fused-ring (bicyclic) bond motifs is 3. The number of nitrogens with zero attached hydrogens (tertiary/aromatic N) is 2. The molecule has 1 aliphatic rings. The number of carbonyl (C=O) groups excluding carboxylic acids is 3. The monoisotopic (exact) mass is 806 g/mol. The SMILES string of the molecule is CC(C)(C)OC(=O)NC(COC(=O)C(Cc1cn(C(c2ccccc2)(c2ccccc2)c2ccccc2)cn1)NC(=O)OCC1c2ccccc2-c2ccccc21)C(=O)O. The molecule has 7 rings (SSSR count). The van der Waals surface area contributed by atoms with Crippen molar-refractivity contribution in [3.8, 4) is 11.1 Å². The molecule has 0 fully saturated rings. The third-order valence-electron chi connectivity index (χ3n) is 10.3. The number of amides is 2. The Morgan fingerprint density at radius 3 is 1.65 bits per heavy atom. The second-order valence-corrected chi connectivity index (χ2v) is 15.5. The normalized spacial score (nSPS) is 13.2. The lowest BCUT2D eigenvalue weighted by Gasteiger charge is -2.37. The molecule has 2 atom stereocenters. The first-order chi connectivity index (χ1) is 28.9. The molecule has 1 heterocycles. The van der Waals surface area contributed by atoms with E-state index in [0.717, 1.165) is 38.9 Å². The van der Waals surface area contributed by atoms with Crippen LogP contribution in [0.4, 0.5) is 9.59 Å². The van der Waals surface area contributed by atoms with Gasteiger partial charge in [-0.15, -0.1) is 0 Å². The lowest BCUT2D eigenvalue weighted by molar-refractivity contribution is -0.150. The van der Waals surface area contributed by atoms with Crippen LogP contribution in [0, 0.1) is 0 Å². The van der Waals surface area contributed by atoms with Crippen LogP contribution in [-0.2, 0) is 35.8 Å². The molecular formula is C48H46N4O8. The van der Waals surface area contributed by atoms with Gasteiger partial charge in [-0.3, -0.25) is 0 Å². The molecule has 306 valence electrons. The predicted molar refractivity (Wildman–Crippen MR) is 224 cm³/mol. The van der Waals surface area contributed by atoms with Gasteiger partial charge in [0.25, 0.3) is 0 Å². The molecule has 1 aliphatic carbocycles. The molecule has 2 unspecified atom stereocenters. The largest absolute Gasteiger partial charge is 0.480 e. The molecular weight excluding hydrogens is 761 g/mol. The number of aliphatic carboxylic acids is 1. The smallest absolute Gasteiger partial charge is 0.408 e. The van der Waals surface area contributed by atoms with Crippen LogP contribution >= 0.6 is 0 Å². The van der Waals surface area contributed by atoms with Gasteiger partial charge in [0.15, 0.2) is 6.04 Å². The van der Waals surface area contributed by atoms with Gasteiger partial charge in [0.2, 0.25) is 0 Å². The maximum atomic E-state index is 13.9. The first kappa shape index (κ1) is 41.0. The molecule has 6 aromatic rings.